The van der Waals surface area contributed by atoms with Gasteiger partial charge < -0.3 is 15.2 Å². The van der Waals surface area contributed by atoms with E-state index in [9.17, 15) is 32.7 Å². The molecule has 1 saturated carbocycles. The number of aliphatic carboxylic acids is 1. The monoisotopic (exact) mass is 525 g/mol. The number of amides is 1. The standard InChI is InChI=1S/C25H23N3O8S/c29-22(14-36-25(33)20-7-3-5-15-4-1-2-6-19(15)20)21(11-23(30)31)27-24(32)16-10-18(13-26-12-16)37(34,35)28-17-8-9-17/h1-7,10,12-13,17,21,28H,8-9,11,14H2,(H,27,32)(H,30,31)/t21-/m0/s1. The van der Waals surface area contributed by atoms with E-state index in [1.807, 2.05) is 18.2 Å². The largest absolute Gasteiger partial charge is 0.481 e. The number of hydrogen-bond acceptors (Lipinski definition) is 8. The summed E-state index contributed by atoms with van der Waals surface area (Å²) in [4.78, 5) is 52.9. The maximum absolute atomic E-state index is 12.7. The van der Waals surface area contributed by atoms with E-state index >= 15 is 0 Å². The lowest BCUT2D eigenvalue weighted by Gasteiger charge is -2.16. The highest BCUT2D eigenvalue weighted by molar-refractivity contribution is 7.89. The molecule has 1 fully saturated rings. The molecule has 0 spiro atoms. The van der Waals surface area contributed by atoms with E-state index < -0.39 is 52.7 Å². The number of ether oxygens (including phenoxy) is 1. The minimum Gasteiger partial charge on any atom is -0.481 e. The number of sulfonamides is 1. The number of Topliss-reactive ketones (excluding diaryl/α,β-unsaturated/α-hetero) is 1. The van der Waals surface area contributed by atoms with Crippen LogP contribution in [0.5, 0.6) is 0 Å². The number of carbonyl (C=O) groups is 4. The highest BCUT2D eigenvalue weighted by atomic mass is 32.2. The van der Waals surface area contributed by atoms with Gasteiger partial charge in [0.2, 0.25) is 10.0 Å². The summed E-state index contributed by atoms with van der Waals surface area (Å²) in [7, 11) is -3.89. The Balaban J connectivity index is 1.44. The van der Waals surface area contributed by atoms with Crippen LogP contribution in [0, 0.1) is 0 Å². The molecule has 1 aromatic heterocycles. The van der Waals surface area contributed by atoms with Gasteiger partial charge in [0.25, 0.3) is 5.91 Å². The summed E-state index contributed by atoms with van der Waals surface area (Å²) < 4.78 is 32.4. The Morgan fingerprint density at radius 2 is 1.78 bits per heavy atom. The van der Waals surface area contributed by atoms with Gasteiger partial charge in [-0.1, -0.05) is 36.4 Å². The molecule has 3 N–H and O–H groups in total. The van der Waals surface area contributed by atoms with E-state index in [-0.39, 0.29) is 22.1 Å². The molecule has 192 valence electrons. The van der Waals surface area contributed by atoms with E-state index in [2.05, 4.69) is 15.0 Å². The lowest BCUT2D eigenvalue weighted by molar-refractivity contribution is -0.139. The number of nitrogens with zero attached hydrogens (tertiary/aromatic N) is 1. The Morgan fingerprint density at radius 1 is 1.05 bits per heavy atom. The van der Waals surface area contributed by atoms with Crippen LogP contribution >= 0.6 is 0 Å². The predicted molar refractivity (Wildman–Crippen MR) is 130 cm³/mol. The molecular weight excluding hydrogens is 502 g/mol. The number of benzene rings is 2. The summed E-state index contributed by atoms with van der Waals surface area (Å²) in [5.41, 5.74) is 0.0447. The molecule has 2 aromatic carbocycles. The number of nitrogens with one attached hydrogen (secondary N) is 2. The van der Waals surface area contributed by atoms with Crippen LogP contribution < -0.4 is 10.0 Å². The molecule has 1 atom stereocenters. The smallest absolute Gasteiger partial charge is 0.339 e. The zero-order valence-electron chi connectivity index (χ0n) is 19.4. The normalized spacial score (nSPS) is 14.1. The first-order valence-electron chi connectivity index (χ1n) is 11.3. The van der Waals surface area contributed by atoms with E-state index in [1.54, 1.807) is 18.2 Å². The van der Waals surface area contributed by atoms with E-state index in [0.29, 0.717) is 5.39 Å². The summed E-state index contributed by atoms with van der Waals surface area (Å²) in [6.07, 6.45) is 2.83. The van der Waals surface area contributed by atoms with Crippen molar-refractivity contribution in [3.05, 3.63) is 72.1 Å². The fraction of sp³-hybridized carbons (Fsp3) is 0.240. The Labute approximate surface area is 211 Å². The van der Waals surface area contributed by atoms with Gasteiger partial charge in [-0.25, -0.2) is 17.9 Å². The summed E-state index contributed by atoms with van der Waals surface area (Å²) in [5, 5.41) is 12.9. The van der Waals surface area contributed by atoms with Crippen LogP contribution in [0.2, 0.25) is 0 Å². The second-order valence-corrected chi connectivity index (χ2v) is 10.2. The Hall–Kier alpha value is -4.16. The fourth-order valence-corrected chi connectivity index (χ4v) is 4.85. The molecule has 0 aliphatic heterocycles. The Morgan fingerprint density at radius 3 is 2.51 bits per heavy atom. The van der Waals surface area contributed by atoms with E-state index in [0.717, 1.165) is 36.7 Å². The summed E-state index contributed by atoms with van der Waals surface area (Å²) in [6.45, 7) is -0.780. The number of pyridine rings is 1. The van der Waals surface area contributed by atoms with Crippen molar-refractivity contribution >= 4 is 44.4 Å². The van der Waals surface area contributed by atoms with Gasteiger partial charge in [-0.3, -0.25) is 19.4 Å². The lowest BCUT2D eigenvalue weighted by Crippen LogP contribution is -2.44. The van der Waals surface area contributed by atoms with Crippen molar-refractivity contribution in [3.8, 4) is 0 Å². The number of aromatic nitrogens is 1. The first-order chi connectivity index (χ1) is 17.6. The summed E-state index contributed by atoms with van der Waals surface area (Å²) in [5.74, 6) is -3.91. The van der Waals surface area contributed by atoms with Gasteiger partial charge in [-0.15, -0.1) is 0 Å². The van der Waals surface area contributed by atoms with Crippen LogP contribution in [-0.2, 0) is 24.3 Å². The zero-order valence-corrected chi connectivity index (χ0v) is 20.2. The topological polar surface area (TPSA) is 169 Å². The molecule has 0 bridgehead atoms. The number of carboxylic acid groups (broad SMARTS) is 1. The van der Waals surface area contributed by atoms with Crippen molar-refractivity contribution in [2.45, 2.75) is 36.2 Å². The molecule has 1 amide bonds. The van der Waals surface area contributed by atoms with Crippen LogP contribution in [0.1, 0.15) is 40.0 Å². The Kier molecular flexibility index (Phi) is 7.60. The molecular formula is C25H23N3O8S. The van der Waals surface area contributed by atoms with Gasteiger partial charge in [-0.05, 0) is 35.7 Å². The molecule has 1 aliphatic carbocycles. The molecule has 37 heavy (non-hydrogen) atoms. The van der Waals surface area contributed by atoms with Gasteiger partial charge in [0.1, 0.15) is 10.9 Å². The average molecular weight is 526 g/mol. The molecule has 4 rings (SSSR count). The maximum atomic E-state index is 12.7. The van der Waals surface area contributed by atoms with Gasteiger partial charge in [-0.2, -0.15) is 0 Å². The average Bonchev–Trinajstić information content (AvgIpc) is 3.69. The molecule has 1 heterocycles. The van der Waals surface area contributed by atoms with Crippen LogP contribution in [0.25, 0.3) is 10.8 Å². The number of ketones is 1. The van der Waals surface area contributed by atoms with Gasteiger partial charge in [0.05, 0.1) is 17.5 Å². The van der Waals surface area contributed by atoms with Crippen molar-refractivity contribution in [1.29, 1.82) is 0 Å². The number of hydrogen-bond donors (Lipinski definition) is 3. The third-order valence-corrected chi connectivity index (χ3v) is 7.10. The van der Waals surface area contributed by atoms with Crippen molar-refractivity contribution in [3.63, 3.8) is 0 Å². The quantitative estimate of drug-likeness (QED) is 0.315. The first kappa shape index (κ1) is 25.9. The lowest BCUT2D eigenvalue weighted by atomic mass is 10.0. The van der Waals surface area contributed by atoms with Crippen LogP contribution in [0.4, 0.5) is 0 Å². The third-order valence-electron chi connectivity index (χ3n) is 5.61. The molecule has 3 aromatic rings. The molecule has 12 heteroatoms. The predicted octanol–water partition coefficient (Wildman–Crippen LogP) is 1.67. The highest BCUT2D eigenvalue weighted by Crippen LogP contribution is 2.22. The van der Waals surface area contributed by atoms with Crippen molar-refractivity contribution in [2.24, 2.45) is 0 Å². The molecule has 0 radical (unpaired) electrons. The number of carbonyl (C=O) groups excluding carboxylic acids is 3. The van der Waals surface area contributed by atoms with Crippen molar-refractivity contribution in [2.75, 3.05) is 6.61 Å². The van der Waals surface area contributed by atoms with Crippen molar-refractivity contribution in [1.82, 2.24) is 15.0 Å². The number of fused-ring (bicyclic) bond motifs is 1. The second kappa shape index (κ2) is 10.8. The van der Waals surface area contributed by atoms with Crippen molar-refractivity contribution < 1.29 is 37.4 Å². The third kappa shape index (κ3) is 6.54. The Bertz CT molecular complexity index is 1480. The fourth-order valence-electron chi connectivity index (χ4n) is 3.56. The van der Waals surface area contributed by atoms with E-state index in [1.165, 1.54) is 6.07 Å². The molecule has 11 nitrogen and oxygen atoms in total. The summed E-state index contributed by atoms with van der Waals surface area (Å²) in [6, 6.07) is 11.5. The zero-order chi connectivity index (χ0) is 26.6. The van der Waals surface area contributed by atoms with Crippen LogP contribution in [0.15, 0.2) is 65.8 Å². The molecule has 0 unspecified atom stereocenters. The maximum Gasteiger partial charge on any atom is 0.339 e. The summed E-state index contributed by atoms with van der Waals surface area (Å²) >= 11 is 0. The minimum atomic E-state index is -3.89. The van der Waals surface area contributed by atoms with Gasteiger partial charge in [0, 0.05) is 18.4 Å². The number of esters is 1. The van der Waals surface area contributed by atoms with E-state index in [4.69, 9.17) is 4.74 Å². The van der Waals surface area contributed by atoms with Crippen LogP contribution in [0.3, 0.4) is 0 Å². The van der Waals surface area contributed by atoms with Gasteiger partial charge >= 0.3 is 11.9 Å². The number of rotatable bonds is 11. The second-order valence-electron chi connectivity index (χ2n) is 8.50. The first-order valence-corrected chi connectivity index (χ1v) is 12.8. The van der Waals surface area contributed by atoms with Gasteiger partial charge in [0.15, 0.2) is 12.4 Å². The minimum absolute atomic E-state index is 0.156. The number of carboxylic acids is 1. The molecule has 1 aliphatic rings. The van der Waals surface area contributed by atoms with Crippen LogP contribution in [-0.4, -0.2) is 60.8 Å². The molecule has 0 saturated heterocycles. The highest BCUT2D eigenvalue weighted by Gasteiger charge is 2.29. The SMILES string of the molecule is O=C(O)C[C@H](NC(=O)c1cncc(S(=O)(=O)NC2CC2)c1)C(=O)COC(=O)c1cccc2ccccc12.